The van der Waals surface area contributed by atoms with E-state index in [-0.39, 0.29) is 11.9 Å². The van der Waals surface area contributed by atoms with E-state index in [4.69, 9.17) is 9.47 Å². The lowest BCUT2D eigenvalue weighted by atomic mass is 10.1. The summed E-state index contributed by atoms with van der Waals surface area (Å²) in [7, 11) is 0. The van der Waals surface area contributed by atoms with Gasteiger partial charge in [-0.05, 0) is 40.0 Å². The number of hydrogen-bond acceptors (Lipinski definition) is 2. The van der Waals surface area contributed by atoms with Gasteiger partial charge in [0.15, 0.2) is 6.29 Å². The van der Waals surface area contributed by atoms with Crippen molar-refractivity contribution >= 4 is 0 Å². The minimum Gasteiger partial charge on any atom is -0.353 e. The Hall–Kier alpha value is -0.0800. The number of rotatable bonds is 1. The first kappa shape index (κ1) is 13.0. The van der Waals surface area contributed by atoms with Crippen LogP contribution in [0.2, 0.25) is 0 Å². The van der Waals surface area contributed by atoms with Crippen molar-refractivity contribution in [3.05, 3.63) is 0 Å². The van der Waals surface area contributed by atoms with Gasteiger partial charge in [0.25, 0.3) is 0 Å². The minimum absolute atomic E-state index is 0.0168. The SMILES string of the molecule is CC(C)(C)OC1CCCCCCCCO1. The van der Waals surface area contributed by atoms with E-state index in [1.54, 1.807) is 0 Å². The lowest BCUT2D eigenvalue weighted by molar-refractivity contribution is -0.199. The monoisotopic (exact) mass is 214 g/mol. The first-order valence-corrected chi connectivity index (χ1v) is 6.37. The van der Waals surface area contributed by atoms with E-state index < -0.39 is 0 Å². The van der Waals surface area contributed by atoms with Crippen LogP contribution in [-0.4, -0.2) is 18.5 Å². The Labute approximate surface area is 94.3 Å². The van der Waals surface area contributed by atoms with Crippen molar-refractivity contribution in [1.82, 2.24) is 0 Å². The number of ether oxygens (including phenoxy) is 2. The molecule has 0 bridgehead atoms. The van der Waals surface area contributed by atoms with Crippen molar-refractivity contribution < 1.29 is 9.47 Å². The molecule has 0 N–H and O–H groups in total. The smallest absolute Gasteiger partial charge is 0.158 e. The summed E-state index contributed by atoms with van der Waals surface area (Å²) in [5.74, 6) is 0. The molecule has 90 valence electrons. The predicted molar refractivity (Wildman–Crippen MR) is 62.9 cm³/mol. The Bertz CT molecular complexity index is 150. The maximum atomic E-state index is 5.89. The topological polar surface area (TPSA) is 18.5 Å². The second-order valence-corrected chi connectivity index (χ2v) is 5.44. The average molecular weight is 214 g/mol. The second kappa shape index (κ2) is 6.49. The van der Waals surface area contributed by atoms with Gasteiger partial charge in [0, 0.05) is 6.61 Å². The lowest BCUT2D eigenvalue weighted by Gasteiger charge is -2.28. The summed E-state index contributed by atoms with van der Waals surface area (Å²) in [5.41, 5.74) is -0.0885. The molecule has 1 fully saturated rings. The molecule has 0 aliphatic carbocycles. The summed E-state index contributed by atoms with van der Waals surface area (Å²) in [6.07, 6.45) is 8.87. The summed E-state index contributed by atoms with van der Waals surface area (Å²) >= 11 is 0. The molecule has 0 spiro atoms. The van der Waals surface area contributed by atoms with Crippen LogP contribution in [0.3, 0.4) is 0 Å². The third-order valence-electron chi connectivity index (χ3n) is 2.62. The van der Waals surface area contributed by atoms with Gasteiger partial charge < -0.3 is 9.47 Å². The van der Waals surface area contributed by atoms with Crippen LogP contribution < -0.4 is 0 Å². The zero-order valence-electron chi connectivity index (χ0n) is 10.6. The molecule has 0 aromatic heterocycles. The van der Waals surface area contributed by atoms with Crippen LogP contribution in [-0.2, 0) is 9.47 Å². The van der Waals surface area contributed by atoms with Crippen molar-refractivity contribution in [2.24, 2.45) is 0 Å². The Kier molecular flexibility index (Phi) is 5.62. The molecule has 1 heterocycles. The Morgan fingerprint density at radius 2 is 1.53 bits per heavy atom. The van der Waals surface area contributed by atoms with Crippen molar-refractivity contribution in [3.8, 4) is 0 Å². The predicted octanol–water partition coefficient (Wildman–Crippen LogP) is 3.89. The highest BCUT2D eigenvalue weighted by molar-refractivity contribution is 4.62. The summed E-state index contributed by atoms with van der Waals surface area (Å²) in [5, 5.41) is 0. The number of hydrogen-bond donors (Lipinski definition) is 0. The molecule has 0 aromatic carbocycles. The fourth-order valence-corrected chi connectivity index (χ4v) is 1.91. The Balaban J connectivity index is 2.31. The first-order chi connectivity index (χ1) is 7.08. The van der Waals surface area contributed by atoms with Gasteiger partial charge in [-0.3, -0.25) is 0 Å². The quantitative estimate of drug-likeness (QED) is 0.659. The van der Waals surface area contributed by atoms with Gasteiger partial charge in [-0.2, -0.15) is 0 Å². The van der Waals surface area contributed by atoms with Crippen LogP contribution in [0.4, 0.5) is 0 Å². The van der Waals surface area contributed by atoms with Crippen molar-refractivity contribution in [1.29, 1.82) is 0 Å². The molecule has 1 rings (SSSR count). The van der Waals surface area contributed by atoms with E-state index in [9.17, 15) is 0 Å². The van der Waals surface area contributed by atoms with Gasteiger partial charge in [-0.15, -0.1) is 0 Å². The van der Waals surface area contributed by atoms with E-state index >= 15 is 0 Å². The van der Waals surface area contributed by atoms with Gasteiger partial charge in [-0.25, -0.2) is 0 Å². The first-order valence-electron chi connectivity index (χ1n) is 6.37. The molecule has 1 atom stereocenters. The molecule has 0 radical (unpaired) electrons. The zero-order valence-corrected chi connectivity index (χ0v) is 10.6. The van der Waals surface area contributed by atoms with Crippen LogP contribution in [0.5, 0.6) is 0 Å². The van der Waals surface area contributed by atoms with Gasteiger partial charge in [0.2, 0.25) is 0 Å². The third kappa shape index (κ3) is 6.91. The van der Waals surface area contributed by atoms with Crippen LogP contribution in [0, 0.1) is 0 Å². The summed E-state index contributed by atoms with van der Waals surface area (Å²) in [6.45, 7) is 7.14. The fourth-order valence-electron chi connectivity index (χ4n) is 1.91. The molecule has 1 saturated heterocycles. The largest absolute Gasteiger partial charge is 0.353 e. The van der Waals surface area contributed by atoms with E-state index in [0.717, 1.165) is 13.0 Å². The molecule has 0 saturated carbocycles. The van der Waals surface area contributed by atoms with E-state index in [1.807, 2.05) is 0 Å². The van der Waals surface area contributed by atoms with Crippen LogP contribution in [0.1, 0.15) is 65.7 Å². The normalized spacial score (nSPS) is 26.2. The van der Waals surface area contributed by atoms with Crippen molar-refractivity contribution in [2.45, 2.75) is 77.6 Å². The highest BCUT2D eigenvalue weighted by atomic mass is 16.7. The molecular formula is C13H26O2. The standard InChI is InChI=1S/C13H26O2/c1-13(2,3)15-12-10-8-6-4-5-7-9-11-14-12/h12H,4-11H2,1-3H3. The Morgan fingerprint density at radius 1 is 0.933 bits per heavy atom. The minimum atomic E-state index is -0.0885. The molecule has 2 heteroatoms. The summed E-state index contributed by atoms with van der Waals surface area (Å²) < 4.78 is 11.7. The average Bonchev–Trinajstić information content (AvgIpc) is 2.13. The molecule has 2 nitrogen and oxygen atoms in total. The Morgan fingerprint density at radius 3 is 2.20 bits per heavy atom. The van der Waals surface area contributed by atoms with Gasteiger partial charge in [0.05, 0.1) is 5.60 Å². The molecule has 0 amide bonds. The van der Waals surface area contributed by atoms with Crippen LogP contribution in [0.25, 0.3) is 0 Å². The fraction of sp³-hybridized carbons (Fsp3) is 1.00. The molecule has 1 unspecified atom stereocenters. The van der Waals surface area contributed by atoms with Crippen molar-refractivity contribution in [2.75, 3.05) is 6.61 Å². The molecule has 15 heavy (non-hydrogen) atoms. The molecule has 1 aliphatic rings. The van der Waals surface area contributed by atoms with Gasteiger partial charge in [-0.1, -0.05) is 25.7 Å². The van der Waals surface area contributed by atoms with Gasteiger partial charge in [0.1, 0.15) is 0 Å². The van der Waals surface area contributed by atoms with E-state index in [1.165, 1.54) is 38.5 Å². The zero-order chi connectivity index (χ0) is 11.1. The van der Waals surface area contributed by atoms with Crippen LogP contribution >= 0.6 is 0 Å². The molecule has 1 aliphatic heterocycles. The van der Waals surface area contributed by atoms with Gasteiger partial charge >= 0.3 is 0 Å². The highest BCUT2D eigenvalue weighted by Crippen LogP contribution is 2.19. The van der Waals surface area contributed by atoms with Crippen LogP contribution in [0.15, 0.2) is 0 Å². The molecule has 0 aromatic rings. The van der Waals surface area contributed by atoms with E-state index in [0.29, 0.717) is 0 Å². The lowest BCUT2D eigenvalue weighted by Crippen LogP contribution is -2.30. The molecular weight excluding hydrogens is 188 g/mol. The highest BCUT2D eigenvalue weighted by Gasteiger charge is 2.19. The second-order valence-electron chi connectivity index (χ2n) is 5.44. The summed E-state index contributed by atoms with van der Waals surface area (Å²) in [6, 6.07) is 0. The van der Waals surface area contributed by atoms with E-state index in [2.05, 4.69) is 20.8 Å². The maximum Gasteiger partial charge on any atom is 0.158 e. The third-order valence-corrected chi connectivity index (χ3v) is 2.62. The van der Waals surface area contributed by atoms with Crippen molar-refractivity contribution in [3.63, 3.8) is 0 Å². The maximum absolute atomic E-state index is 5.89. The summed E-state index contributed by atoms with van der Waals surface area (Å²) in [4.78, 5) is 0.